The molecule has 0 saturated heterocycles. The Hall–Kier alpha value is -1.20. The molecule has 2 aromatic heterocycles. The average Bonchev–Trinajstić information content (AvgIpc) is 3.06. The van der Waals surface area contributed by atoms with Crippen molar-refractivity contribution in [3.8, 4) is 0 Å². The molecule has 2 heterocycles. The lowest BCUT2D eigenvalue weighted by Crippen LogP contribution is -2.29. The Bertz CT molecular complexity index is 600. The third kappa shape index (κ3) is 2.47. The molecule has 1 unspecified atom stereocenters. The molecule has 1 N–H and O–H groups in total. The maximum absolute atomic E-state index is 12.2. The van der Waals surface area contributed by atoms with Crippen LogP contribution in [0, 0.1) is 5.92 Å². The van der Waals surface area contributed by atoms with Gasteiger partial charge in [-0.2, -0.15) is 0 Å². The van der Waals surface area contributed by atoms with Gasteiger partial charge in [-0.15, -0.1) is 11.3 Å². The number of hydrogen-bond acceptors (Lipinski definition) is 4. The summed E-state index contributed by atoms with van der Waals surface area (Å²) in [6.07, 6.45) is 4.27. The molecule has 4 nitrogen and oxygen atoms in total. The van der Waals surface area contributed by atoms with Crippen LogP contribution in [0.2, 0.25) is 0 Å². The fraction of sp³-hybridized carbons (Fsp3) is 0.538. The molecule has 0 radical (unpaired) electrons. The number of nitrogens with one attached hydrogen (secondary N) is 1. The SMILES string of the molecule is CC(CNC1CC1)Cn1cnc2ccsc2c1=O. The van der Waals surface area contributed by atoms with Crippen molar-refractivity contribution >= 4 is 21.6 Å². The second kappa shape index (κ2) is 4.82. The molecule has 5 heteroatoms. The van der Waals surface area contributed by atoms with E-state index in [9.17, 15) is 4.79 Å². The minimum Gasteiger partial charge on any atom is -0.314 e. The summed E-state index contributed by atoms with van der Waals surface area (Å²) in [6.45, 7) is 3.87. The zero-order valence-electron chi connectivity index (χ0n) is 10.4. The molecule has 2 aromatic rings. The molecule has 1 saturated carbocycles. The number of rotatable bonds is 5. The van der Waals surface area contributed by atoms with E-state index in [-0.39, 0.29) is 5.56 Å². The van der Waals surface area contributed by atoms with Crippen molar-refractivity contribution in [3.05, 3.63) is 28.1 Å². The smallest absolute Gasteiger partial charge is 0.271 e. The molecular formula is C13H17N3OS. The quantitative estimate of drug-likeness (QED) is 0.895. The highest BCUT2D eigenvalue weighted by Crippen LogP contribution is 2.19. The molecule has 1 fully saturated rings. The Morgan fingerprint density at radius 2 is 2.44 bits per heavy atom. The Kier molecular flexibility index (Phi) is 3.18. The van der Waals surface area contributed by atoms with Crippen LogP contribution in [-0.4, -0.2) is 22.1 Å². The van der Waals surface area contributed by atoms with Crippen molar-refractivity contribution in [2.45, 2.75) is 32.4 Å². The van der Waals surface area contributed by atoms with Crippen LogP contribution in [0.3, 0.4) is 0 Å². The summed E-state index contributed by atoms with van der Waals surface area (Å²) in [5.41, 5.74) is 0.901. The second-order valence-corrected chi connectivity index (χ2v) is 6.04. The molecular weight excluding hydrogens is 246 g/mol. The second-order valence-electron chi connectivity index (χ2n) is 5.12. The van der Waals surface area contributed by atoms with Crippen molar-refractivity contribution in [3.63, 3.8) is 0 Å². The highest BCUT2D eigenvalue weighted by Gasteiger charge is 2.21. The van der Waals surface area contributed by atoms with Gasteiger partial charge in [0.15, 0.2) is 0 Å². The van der Waals surface area contributed by atoms with Gasteiger partial charge in [0, 0.05) is 12.6 Å². The van der Waals surface area contributed by atoms with Crippen LogP contribution >= 0.6 is 11.3 Å². The average molecular weight is 263 g/mol. The Morgan fingerprint density at radius 3 is 3.22 bits per heavy atom. The molecule has 3 rings (SSSR count). The first-order valence-electron chi connectivity index (χ1n) is 6.40. The molecule has 0 amide bonds. The van der Waals surface area contributed by atoms with Crippen molar-refractivity contribution in [2.75, 3.05) is 6.54 Å². The highest BCUT2D eigenvalue weighted by molar-refractivity contribution is 7.17. The van der Waals surface area contributed by atoms with E-state index < -0.39 is 0 Å². The van der Waals surface area contributed by atoms with Gasteiger partial charge in [0.1, 0.15) is 4.70 Å². The van der Waals surface area contributed by atoms with Crippen LogP contribution in [0.4, 0.5) is 0 Å². The number of nitrogens with zero attached hydrogens (tertiary/aromatic N) is 2. The summed E-state index contributed by atoms with van der Waals surface area (Å²) in [7, 11) is 0. The topological polar surface area (TPSA) is 46.9 Å². The van der Waals surface area contributed by atoms with E-state index in [1.165, 1.54) is 24.2 Å². The maximum atomic E-state index is 12.2. The van der Waals surface area contributed by atoms with Gasteiger partial charge in [0.05, 0.1) is 11.8 Å². The third-order valence-corrected chi connectivity index (χ3v) is 4.17. The molecule has 0 bridgehead atoms. The first-order valence-corrected chi connectivity index (χ1v) is 7.28. The molecule has 18 heavy (non-hydrogen) atoms. The van der Waals surface area contributed by atoms with Crippen molar-refractivity contribution in [2.24, 2.45) is 5.92 Å². The largest absolute Gasteiger partial charge is 0.314 e. The molecule has 0 spiro atoms. The normalized spacial score (nSPS) is 17.2. The summed E-state index contributed by atoms with van der Waals surface area (Å²) in [5, 5.41) is 5.41. The van der Waals surface area contributed by atoms with E-state index >= 15 is 0 Å². The van der Waals surface area contributed by atoms with E-state index in [0.717, 1.165) is 29.3 Å². The highest BCUT2D eigenvalue weighted by atomic mass is 32.1. The fourth-order valence-electron chi connectivity index (χ4n) is 2.06. The minimum atomic E-state index is 0.0910. The van der Waals surface area contributed by atoms with E-state index in [1.54, 1.807) is 10.9 Å². The summed E-state index contributed by atoms with van der Waals surface area (Å²) < 4.78 is 2.50. The van der Waals surface area contributed by atoms with Gasteiger partial charge < -0.3 is 5.32 Å². The van der Waals surface area contributed by atoms with Crippen molar-refractivity contribution in [1.29, 1.82) is 0 Å². The lowest BCUT2D eigenvalue weighted by molar-refractivity contribution is 0.436. The van der Waals surface area contributed by atoms with E-state index in [2.05, 4.69) is 17.2 Å². The first kappa shape index (κ1) is 11.9. The summed E-state index contributed by atoms with van der Waals surface area (Å²) in [4.78, 5) is 16.5. The molecule has 1 atom stereocenters. The predicted octanol–water partition coefficient (Wildman–Crippen LogP) is 1.85. The zero-order chi connectivity index (χ0) is 12.5. The van der Waals surface area contributed by atoms with Gasteiger partial charge in [-0.25, -0.2) is 4.98 Å². The van der Waals surface area contributed by atoms with E-state index in [1.807, 2.05) is 11.4 Å². The molecule has 96 valence electrons. The zero-order valence-corrected chi connectivity index (χ0v) is 11.2. The van der Waals surface area contributed by atoms with Crippen LogP contribution in [0.1, 0.15) is 19.8 Å². The number of thiophene rings is 1. The minimum absolute atomic E-state index is 0.0910. The lowest BCUT2D eigenvalue weighted by atomic mass is 10.2. The standard InChI is InChI=1S/C13H17N3OS/c1-9(6-14-10-2-3-10)7-16-8-15-11-4-5-18-12(11)13(16)17/h4-5,8-10,14H,2-3,6-7H2,1H3. The summed E-state index contributed by atoms with van der Waals surface area (Å²) in [5.74, 6) is 0.447. The number of hydrogen-bond donors (Lipinski definition) is 1. The van der Waals surface area contributed by atoms with Gasteiger partial charge in [0.25, 0.3) is 5.56 Å². The van der Waals surface area contributed by atoms with E-state index in [0.29, 0.717) is 5.92 Å². The van der Waals surface area contributed by atoms with Crippen molar-refractivity contribution < 1.29 is 0 Å². The molecule has 1 aliphatic rings. The monoisotopic (exact) mass is 263 g/mol. The lowest BCUT2D eigenvalue weighted by Gasteiger charge is -2.13. The third-order valence-electron chi connectivity index (χ3n) is 3.28. The summed E-state index contributed by atoms with van der Waals surface area (Å²) in [6, 6.07) is 2.62. The van der Waals surface area contributed by atoms with Gasteiger partial charge >= 0.3 is 0 Å². The van der Waals surface area contributed by atoms with Crippen molar-refractivity contribution in [1.82, 2.24) is 14.9 Å². The molecule has 1 aliphatic carbocycles. The van der Waals surface area contributed by atoms with Gasteiger partial charge in [-0.05, 0) is 36.8 Å². The first-order chi connectivity index (χ1) is 8.74. The predicted molar refractivity (Wildman–Crippen MR) is 74.1 cm³/mol. The number of aromatic nitrogens is 2. The van der Waals surface area contributed by atoms with E-state index in [4.69, 9.17) is 0 Å². The maximum Gasteiger partial charge on any atom is 0.271 e. The van der Waals surface area contributed by atoms with Gasteiger partial charge in [-0.1, -0.05) is 6.92 Å². The van der Waals surface area contributed by atoms with Gasteiger partial charge in [0.2, 0.25) is 0 Å². The van der Waals surface area contributed by atoms with Crippen LogP contribution < -0.4 is 10.9 Å². The summed E-state index contributed by atoms with van der Waals surface area (Å²) >= 11 is 1.47. The van der Waals surface area contributed by atoms with Crippen LogP contribution in [0.5, 0.6) is 0 Å². The molecule has 0 aliphatic heterocycles. The fourth-order valence-corrected chi connectivity index (χ4v) is 2.86. The Balaban J connectivity index is 1.72. The van der Waals surface area contributed by atoms with Gasteiger partial charge in [-0.3, -0.25) is 9.36 Å². The van der Waals surface area contributed by atoms with Crippen LogP contribution in [0.25, 0.3) is 10.2 Å². The Morgan fingerprint density at radius 1 is 1.61 bits per heavy atom. The Labute approximate surface area is 110 Å². The molecule has 0 aromatic carbocycles. The number of fused-ring (bicyclic) bond motifs is 1. The van der Waals surface area contributed by atoms with Crippen LogP contribution in [-0.2, 0) is 6.54 Å². The van der Waals surface area contributed by atoms with Crippen LogP contribution in [0.15, 0.2) is 22.6 Å².